The maximum absolute atomic E-state index is 5.40. The number of hydrogen-bond acceptors (Lipinski definition) is 4. The lowest BCUT2D eigenvalue weighted by molar-refractivity contribution is 0.194. The van der Waals surface area contributed by atoms with E-state index in [0.29, 0.717) is 12.0 Å². The molecule has 1 heterocycles. The highest BCUT2D eigenvalue weighted by Gasteiger charge is 2.17. The van der Waals surface area contributed by atoms with Gasteiger partial charge in [0.15, 0.2) is 11.5 Å². The van der Waals surface area contributed by atoms with Crippen molar-refractivity contribution >= 4 is 0 Å². The van der Waals surface area contributed by atoms with E-state index in [1.807, 2.05) is 6.07 Å². The minimum Gasteiger partial charge on any atom is -0.493 e. The smallest absolute Gasteiger partial charge is 0.161 e. The number of nitrogens with zero attached hydrogens (tertiary/aromatic N) is 1. The van der Waals surface area contributed by atoms with Gasteiger partial charge in [0.2, 0.25) is 0 Å². The van der Waals surface area contributed by atoms with Crippen LogP contribution in [0.1, 0.15) is 25.8 Å². The summed E-state index contributed by atoms with van der Waals surface area (Å²) in [6.45, 7) is 8.92. The van der Waals surface area contributed by atoms with Crippen molar-refractivity contribution in [3.8, 4) is 11.5 Å². The Morgan fingerprint density at radius 3 is 2.67 bits per heavy atom. The zero-order valence-electron chi connectivity index (χ0n) is 13.7. The molecule has 118 valence electrons. The Bertz CT molecular complexity index is 450. The van der Waals surface area contributed by atoms with Crippen molar-refractivity contribution in [3.05, 3.63) is 23.8 Å². The van der Waals surface area contributed by atoms with Crippen molar-refractivity contribution in [2.45, 2.75) is 32.9 Å². The lowest BCUT2D eigenvalue weighted by Gasteiger charge is -2.31. The topological polar surface area (TPSA) is 33.7 Å². The second-order valence-electron chi connectivity index (χ2n) is 6.13. The number of rotatable bonds is 4. The lowest BCUT2D eigenvalue weighted by Crippen LogP contribution is -2.42. The van der Waals surface area contributed by atoms with Gasteiger partial charge in [-0.05, 0) is 50.0 Å². The molecule has 0 spiro atoms. The van der Waals surface area contributed by atoms with Gasteiger partial charge in [-0.25, -0.2) is 0 Å². The van der Waals surface area contributed by atoms with Crippen LogP contribution < -0.4 is 14.8 Å². The average Bonchev–Trinajstić information content (AvgIpc) is 2.49. The number of hydrogen-bond donors (Lipinski definition) is 1. The van der Waals surface area contributed by atoms with Crippen LogP contribution in [0.15, 0.2) is 18.2 Å². The van der Waals surface area contributed by atoms with Crippen molar-refractivity contribution in [2.75, 3.05) is 33.9 Å². The van der Waals surface area contributed by atoms with Gasteiger partial charge in [-0.3, -0.25) is 4.90 Å². The van der Waals surface area contributed by atoms with Gasteiger partial charge in [-0.1, -0.05) is 13.0 Å². The van der Waals surface area contributed by atoms with Crippen molar-refractivity contribution < 1.29 is 9.47 Å². The van der Waals surface area contributed by atoms with E-state index in [1.54, 1.807) is 14.2 Å². The number of ether oxygens (including phenoxy) is 2. The van der Waals surface area contributed by atoms with E-state index in [2.05, 4.69) is 36.2 Å². The fourth-order valence-corrected chi connectivity index (χ4v) is 2.86. The van der Waals surface area contributed by atoms with E-state index in [9.17, 15) is 0 Å². The zero-order chi connectivity index (χ0) is 15.2. The first kappa shape index (κ1) is 16.1. The van der Waals surface area contributed by atoms with Gasteiger partial charge in [-0.2, -0.15) is 0 Å². The molecule has 1 aromatic rings. The second kappa shape index (κ2) is 7.66. The molecule has 0 bridgehead atoms. The second-order valence-corrected chi connectivity index (χ2v) is 6.13. The maximum Gasteiger partial charge on any atom is 0.161 e. The van der Waals surface area contributed by atoms with Gasteiger partial charge >= 0.3 is 0 Å². The standard InChI is InChI=1S/C17H28N2O2/c1-13-10-18-14(2)7-8-19(11-13)12-15-5-6-16(20-3)17(9-15)21-4/h5-6,9,13-14,18H,7-8,10-12H2,1-4H3. The number of benzene rings is 1. The van der Waals surface area contributed by atoms with Crippen molar-refractivity contribution in [2.24, 2.45) is 5.92 Å². The summed E-state index contributed by atoms with van der Waals surface area (Å²) in [7, 11) is 3.36. The molecule has 1 saturated heterocycles. The first-order chi connectivity index (χ1) is 10.1. The normalized spacial score (nSPS) is 24.2. The monoisotopic (exact) mass is 292 g/mol. The molecule has 2 unspecified atom stereocenters. The molecule has 0 aliphatic carbocycles. The molecule has 0 radical (unpaired) electrons. The summed E-state index contributed by atoms with van der Waals surface area (Å²) in [5, 5.41) is 3.59. The predicted octanol–water partition coefficient (Wildman–Crippen LogP) is 2.52. The summed E-state index contributed by atoms with van der Waals surface area (Å²) < 4.78 is 10.7. The lowest BCUT2D eigenvalue weighted by atomic mass is 10.1. The summed E-state index contributed by atoms with van der Waals surface area (Å²) in [6.07, 6.45) is 1.19. The minimum absolute atomic E-state index is 0.598. The van der Waals surface area contributed by atoms with Crippen LogP contribution in [-0.4, -0.2) is 44.8 Å². The van der Waals surface area contributed by atoms with E-state index in [-0.39, 0.29) is 0 Å². The molecular formula is C17H28N2O2. The SMILES string of the molecule is COc1ccc(CN2CCC(C)NCC(C)C2)cc1OC. The molecule has 1 aliphatic rings. The molecule has 0 amide bonds. The molecule has 0 saturated carbocycles. The average molecular weight is 292 g/mol. The van der Waals surface area contributed by atoms with Gasteiger partial charge in [-0.15, -0.1) is 0 Å². The molecular weight excluding hydrogens is 264 g/mol. The van der Waals surface area contributed by atoms with Crippen molar-refractivity contribution in [3.63, 3.8) is 0 Å². The van der Waals surface area contributed by atoms with Crippen LogP contribution in [0.4, 0.5) is 0 Å². The largest absolute Gasteiger partial charge is 0.493 e. The molecule has 1 aromatic carbocycles. The van der Waals surface area contributed by atoms with Gasteiger partial charge in [0.1, 0.15) is 0 Å². The molecule has 2 rings (SSSR count). The summed E-state index contributed by atoms with van der Waals surface area (Å²) in [5.74, 6) is 2.28. The van der Waals surface area contributed by atoms with Crippen LogP contribution in [0.5, 0.6) is 11.5 Å². The number of nitrogens with one attached hydrogen (secondary N) is 1. The summed E-state index contributed by atoms with van der Waals surface area (Å²) in [6, 6.07) is 6.81. The molecule has 1 N–H and O–H groups in total. The summed E-state index contributed by atoms with van der Waals surface area (Å²) in [4.78, 5) is 2.54. The van der Waals surface area contributed by atoms with Crippen LogP contribution in [0, 0.1) is 5.92 Å². The maximum atomic E-state index is 5.40. The highest BCUT2D eigenvalue weighted by molar-refractivity contribution is 5.42. The quantitative estimate of drug-likeness (QED) is 0.924. The predicted molar refractivity (Wildman–Crippen MR) is 86.1 cm³/mol. The summed E-state index contributed by atoms with van der Waals surface area (Å²) >= 11 is 0. The van der Waals surface area contributed by atoms with Gasteiger partial charge in [0.25, 0.3) is 0 Å². The molecule has 1 aliphatic heterocycles. The van der Waals surface area contributed by atoms with Crippen LogP contribution in [-0.2, 0) is 6.54 Å². The van der Waals surface area contributed by atoms with E-state index in [4.69, 9.17) is 9.47 Å². The third kappa shape index (κ3) is 4.61. The Balaban J connectivity index is 2.05. The molecule has 21 heavy (non-hydrogen) atoms. The third-order valence-electron chi connectivity index (χ3n) is 4.12. The third-order valence-corrected chi connectivity index (χ3v) is 4.12. The Hall–Kier alpha value is -1.26. The van der Waals surface area contributed by atoms with Gasteiger partial charge in [0, 0.05) is 19.1 Å². The van der Waals surface area contributed by atoms with E-state index >= 15 is 0 Å². The Morgan fingerprint density at radius 2 is 1.95 bits per heavy atom. The van der Waals surface area contributed by atoms with Gasteiger partial charge < -0.3 is 14.8 Å². The first-order valence-corrected chi connectivity index (χ1v) is 7.79. The minimum atomic E-state index is 0.598. The van der Waals surface area contributed by atoms with Gasteiger partial charge in [0.05, 0.1) is 14.2 Å². The van der Waals surface area contributed by atoms with Crippen LogP contribution in [0.3, 0.4) is 0 Å². The van der Waals surface area contributed by atoms with Crippen LogP contribution >= 0.6 is 0 Å². The van der Waals surface area contributed by atoms with E-state index in [0.717, 1.165) is 37.7 Å². The van der Waals surface area contributed by atoms with Crippen molar-refractivity contribution in [1.82, 2.24) is 10.2 Å². The van der Waals surface area contributed by atoms with E-state index < -0.39 is 0 Å². The highest BCUT2D eigenvalue weighted by Crippen LogP contribution is 2.28. The molecule has 2 atom stereocenters. The molecule has 4 nitrogen and oxygen atoms in total. The number of methoxy groups -OCH3 is 2. The Morgan fingerprint density at radius 1 is 1.19 bits per heavy atom. The highest BCUT2D eigenvalue weighted by atomic mass is 16.5. The Kier molecular flexibility index (Phi) is 5.88. The summed E-state index contributed by atoms with van der Waals surface area (Å²) in [5.41, 5.74) is 1.28. The van der Waals surface area contributed by atoms with Crippen LogP contribution in [0.25, 0.3) is 0 Å². The fraction of sp³-hybridized carbons (Fsp3) is 0.647. The fourth-order valence-electron chi connectivity index (χ4n) is 2.86. The molecule has 0 aromatic heterocycles. The first-order valence-electron chi connectivity index (χ1n) is 7.79. The van der Waals surface area contributed by atoms with Crippen LogP contribution in [0.2, 0.25) is 0 Å². The molecule has 4 heteroatoms. The van der Waals surface area contributed by atoms with E-state index in [1.165, 1.54) is 12.0 Å². The Labute approximate surface area is 128 Å². The molecule has 1 fully saturated rings. The van der Waals surface area contributed by atoms with Crippen molar-refractivity contribution in [1.29, 1.82) is 0 Å². The zero-order valence-corrected chi connectivity index (χ0v) is 13.7.